The van der Waals surface area contributed by atoms with Crippen LogP contribution in [0.4, 0.5) is 0 Å². The molecule has 5 nitrogen and oxygen atoms in total. The molecule has 0 aliphatic rings. The van der Waals surface area contributed by atoms with E-state index in [1.807, 2.05) is 18.4 Å². The molecule has 0 fully saturated rings. The molecule has 2 aromatic rings. The molecule has 2 unspecified atom stereocenters. The molecule has 0 aliphatic carbocycles. The lowest BCUT2D eigenvalue weighted by Gasteiger charge is -2.22. The SMILES string of the molecule is CCC(N)C(c1cc(Br)cs1)n1cc(C(N)=O)cn1. The zero-order valence-corrected chi connectivity index (χ0v) is 12.8. The molecule has 102 valence electrons. The Morgan fingerprint density at radius 3 is 2.84 bits per heavy atom. The number of amides is 1. The Bertz CT molecular complexity index is 580. The van der Waals surface area contributed by atoms with Gasteiger partial charge in [-0.3, -0.25) is 9.48 Å². The lowest BCUT2D eigenvalue weighted by molar-refractivity contribution is 0.1000. The van der Waals surface area contributed by atoms with Crippen molar-refractivity contribution in [3.8, 4) is 0 Å². The summed E-state index contributed by atoms with van der Waals surface area (Å²) in [7, 11) is 0. The maximum atomic E-state index is 11.1. The highest BCUT2D eigenvalue weighted by atomic mass is 79.9. The van der Waals surface area contributed by atoms with Crippen molar-refractivity contribution in [3.05, 3.63) is 38.8 Å². The van der Waals surface area contributed by atoms with Crippen LogP contribution in [0.15, 0.2) is 28.3 Å². The number of hydrogen-bond donors (Lipinski definition) is 2. The van der Waals surface area contributed by atoms with Crippen LogP contribution in [0.5, 0.6) is 0 Å². The van der Waals surface area contributed by atoms with Crippen molar-refractivity contribution in [3.63, 3.8) is 0 Å². The largest absolute Gasteiger partial charge is 0.366 e. The van der Waals surface area contributed by atoms with Crippen molar-refractivity contribution < 1.29 is 4.79 Å². The Morgan fingerprint density at radius 1 is 1.63 bits per heavy atom. The van der Waals surface area contributed by atoms with Gasteiger partial charge in [-0.1, -0.05) is 6.92 Å². The first-order valence-electron chi connectivity index (χ1n) is 5.86. The molecule has 2 heterocycles. The second kappa shape index (κ2) is 5.85. The smallest absolute Gasteiger partial charge is 0.251 e. The summed E-state index contributed by atoms with van der Waals surface area (Å²) in [5, 5.41) is 6.22. The Morgan fingerprint density at radius 2 is 2.37 bits per heavy atom. The maximum Gasteiger partial charge on any atom is 0.251 e. The fraction of sp³-hybridized carbons (Fsp3) is 0.333. The highest BCUT2D eigenvalue weighted by molar-refractivity contribution is 9.10. The number of hydrogen-bond acceptors (Lipinski definition) is 4. The van der Waals surface area contributed by atoms with E-state index >= 15 is 0 Å². The summed E-state index contributed by atoms with van der Waals surface area (Å²) in [4.78, 5) is 12.2. The zero-order valence-electron chi connectivity index (χ0n) is 10.4. The minimum Gasteiger partial charge on any atom is -0.366 e. The number of carbonyl (C=O) groups excluding carboxylic acids is 1. The quantitative estimate of drug-likeness (QED) is 0.872. The van der Waals surface area contributed by atoms with Crippen LogP contribution in [0.1, 0.15) is 34.6 Å². The van der Waals surface area contributed by atoms with E-state index in [4.69, 9.17) is 11.5 Å². The van der Waals surface area contributed by atoms with Gasteiger partial charge in [0.1, 0.15) is 6.04 Å². The molecule has 0 aliphatic heterocycles. The molecule has 1 amide bonds. The molecule has 0 bridgehead atoms. The van der Waals surface area contributed by atoms with E-state index in [0.717, 1.165) is 15.8 Å². The summed E-state index contributed by atoms with van der Waals surface area (Å²) in [5.41, 5.74) is 11.8. The molecular formula is C12H15BrN4OS. The molecule has 2 atom stereocenters. The van der Waals surface area contributed by atoms with Crippen LogP contribution in [0.2, 0.25) is 0 Å². The maximum absolute atomic E-state index is 11.1. The first-order chi connectivity index (χ1) is 9.02. The topological polar surface area (TPSA) is 86.9 Å². The summed E-state index contributed by atoms with van der Waals surface area (Å²) in [6.45, 7) is 2.03. The number of nitrogens with two attached hydrogens (primary N) is 2. The standard InChI is InChI=1S/C12H15BrN4OS/c1-2-9(14)11(10-3-8(13)6-19-10)17-5-7(4-16-17)12(15)18/h3-6,9,11H,2,14H2,1H3,(H2,15,18). The van der Waals surface area contributed by atoms with Gasteiger partial charge >= 0.3 is 0 Å². The van der Waals surface area contributed by atoms with E-state index in [9.17, 15) is 4.79 Å². The first kappa shape index (κ1) is 14.2. The fourth-order valence-corrected chi connectivity index (χ4v) is 3.47. The number of rotatable bonds is 5. The van der Waals surface area contributed by atoms with Crippen molar-refractivity contribution in [1.29, 1.82) is 0 Å². The van der Waals surface area contributed by atoms with Crippen LogP contribution in [0.25, 0.3) is 0 Å². The molecule has 0 aromatic carbocycles. The van der Waals surface area contributed by atoms with Crippen LogP contribution < -0.4 is 11.5 Å². The minimum atomic E-state index is -0.484. The van der Waals surface area contributed by atoms with Gasteiger partial charge in [0.2, 0.25) is 0 Å². The molecule has 0 radical (unpaired) electrons. The molecule has 0 spiro atoms. The molecule has 2 rings (SSSR count). The normalized spacial score (nSPS) is 14.3. The van der Waals surface area contributed by atoms with Crippen molar-refractivity contribution in [1.82, 2.24) is 9.78 Å². The molecule has 7 heteroatoms. The lowest BCUT2D eigenvalue weighted by atomic mass is 10.1. The van der Waals surface area contributed by atoms with E-state index in [0.29, 0.717) is 5.56 Å². The number of halogens is 1. The second-order valence-corrected chi connectivity index (χ2v) is 6.12. The van der Waals surface area contributed by atoms with E-state index in [-0.39, 0.29) is 12.1 Å². The third-order valence-electron chi connectivity index (χ3n) is 2.93. The van der Waals surface area contributed by atoms with Gasteiger partial charge in [-0.2, -0.15) is 5.10 Å². The molecule has 19 heavy (non-hydrogen) atoms. The number of aromatic nitrogens is 2. The summed E-state index contributed by atoms with van der Waals surface area (Å²) < 4.78 is 2.73. The third-order valence-corrected chi connectivity index (χ3v) is 4.69. The number of primary amides is 1. The fourth-order valence-electron chi connectivity index (χ4n) is 1.86. The van der Waals surface area contributed by atoms with Gasteiger partial charge < -0.3 is 11.5 Å². The van der Waals surface area contributed by atoms with Gasteiger partial charge in [0.15, 0.2) is 0 Å². The predicted octanol–water partition coefficient (Wildman–Crippen LogP) is 2.13. The van der Waals surface area contributed by atoms with Crippen LogP contribution >= 0.6 is 27.3 Å². The number of nitrogens with zero attached hydrogens (tertiary/aromatic N) is 2. The molecule has 2 aromatic heterocycles. The average Bonchev–Trinajstić information content (AvgIpc) is 2.99. The van der Waals surface area contributed by atoms with Gasteiger partial charge in [0, 0.05) is 27.0 Å². The van der Waals surface area contributed by atoms with Crippen LogP contribution in [-0.2, 0) is 0 Å². The summed E-state index contributed by atoms with van der Waals surface area (Å²) >= 11 is 5.05. The Hall–Kier alpha value is -1.18. The summed E-state index contributed by atoms with van der Waals surface area (Å²) in [6, 6.07) is 1.86. The molecule has 0 saturated carbocycles. The third kappa shape index (κ3) is 3.05. The Balaban J connectivity index is 2.39. The monoisotopic (exact) mass is 342 g/mol. The molecule has 0 saturated heterocycles. The zero-order chi connectivity index (χ0) is 14.0. The van der Waals surface area contributed by atoms with Crippen molar-refractivity contribution >= 4 is 33.2 Å². The Labute approximate surface area is 123 Å². The van der Waals surface area contributed by atoms with E-state index in [2.05, 4.69) is 21.0 Å². The number of carbonyl (C=O) groups is 1. The van der Waals surface area contributed by atoms with E-state index < -0.39 is 5.91 Å². The molecule has 4 N–H and O–H groups in total. The highest BCUT2D eigenvalue weighted by Gasteiger charge is 2.23. The van der Waals surface area contributed by atoms with Crippen LogP contribution in [0, 0.1) is 0 Å². The second-order valence-electron chi connectivity index (χ2n) is 4.26. The van der Waals surface area contributed by atoms with Gasteiger partial charge in [-0.05, 0) is 28.4 Å². The number of thiophene rings is 1. The lowest BCUT2D eigenvalue weighted by Crippen LogP contribution is -2.32. The van der Waals surface area contributed by atoms with Crippen molar-refractivity contribution in [2.75, 3.05) is 0 Å². The minimum absolute atomic E-state index is 0.0776. The average molecular weight is 343 g/mol. The summed E-state index contributed by atoms with van der Waals surface area (Å²) in [5.74, 6) is -0.484. The van der Waals surface area contributed by atoms with Crippen LogP contribution in [0.3, 0.4) is 0 Å². The van der Waals surface area contributed by atoms with E-state index in [1.165, 1.54) is 6.20 Å². The van der Waals surface area contributed by atoms with Gasteiger partial charge in [-0.25, -0.2) is 0 Å². The molecular weight excluding hydrogens is 328 g/mol. The van der Waals surface area contributed by atoms with Crippen molar-refractivity contribution in [2.24, 2.45) is 11.5 Å². The highest BCUT2D eigenvalue weighted by Crippen LogP contribution is 2.30. The predicted molar refractivity (Wildman–Crippen MR) is 79.2 cm³/mol. The van der Waals surface area contributed by atoms with Crippen LogP contribution in [-0.4, -0.2) is 21.7 Å². The van der Waals surface area contributed by atoms with Gasteiger partial charge in [0.25, 0.3) is 5.91 Å². The summed E-state index contributed by atoms with van der Waals surface area (Å²) in [6.07, 6.45) is 3.93. The Kier molecular flexibility index (Phi) is 4.38. The van der Waals surface area contributed by atoms with E-state index in [1.54, 1.807) is 22.2 Å². The van der Waals surface area contributed by atoms with Crippen molar-refractivity contribution in [2.45, 2.75) is 25.4 Å². The van der Waals surface area contributed by atoms with Gasteiger partial charge in [-0.15, -0.1) is 11.3 Å². The first-order valence-corrected chi connectivity index (χ1v) is 7.53. The van der Waals surface area contributed by atoms with Gasteiger partial charge in [0.05, 0.1) is 11.8 Å².